The molecule has 6 nitrogen and oxygen atoms in total. The van der Waals surface area contributed by atoms with Crippen molar-refractivity contribution in [2.24, 2.45) is 0 Å². The van der Waals surface area contributed by atoms with Gasteiger partial charge in [-0.15, -0.1) is 11.3 Å². The molecule has 0 saturated carbocycles. The van der Waals surface area contributed by atoms with Gasteiger partial charge in [-0.3, -0.25) is 4.90 Å². The van der Waals surface area contributed by atoms with Gasteiger partial charge in [-0.2, -0.15) is 0 Å². The molecule has 0 N–H and O–H groups in total. The third-order valence-corrected chi connectivity index (χ3v) is 14.9. The highest BCUT2D eigenvalue weighted by atomic mass is 32.1. The first kappa shape index (κ1) is 38.1. The third-order valence-electron chi connectivity index (χ3n) is 13.8. The van der Waals surface area contributed by atoms with Crippen LogP contribution in [0.3, 0.4) is 0 Å². The Balaban J connectivity index is 0.887. The molecule has 0 radical (unpaired) electrons. The number of aromatic nitrogens is 2. The normalized spacial score (nSPS) is 12.1. The maximum Gasteiger partial charge on any atom is 0.235 e. The fraction of sp³-hybridized carbons (Fsp3) is 0. The van der Waals surface area contributed by atoms with Crippen molar-refractivity contribution in [3.63, 3.8) is 0 Å². The first-order valence-electron chi connectivity index (χ1n) is 23.1. The number of nitrogens with zero attached hydrogens (tertiary/aromatic N) is 4. The van der Waals surface area contributed by atoms with Crippen LogP contribution in [0.1, 0.15) is 0 Å². The van der Waals surface area contributed by atoms with Gasteiger partial charge in [0, 0.05) is 78.1 Å². The van der Waals surface area contributed by atoms with Crippen LogP contribution < -0.4 is 9.80 Å². The Hall–Kier alpha value is -9.04. The first-order valence-corrected chi connectivity index (χ1v) is 23.9. The summed E-state index contributed by atoms with van der Waals surface area (Å²) in [6.45, 7) is 0. The van der Waals surface area contributed by atoms with Gasteiger partial charge in [0.15, 0.2) is 0 Å². The van der Waals surface area contributed by atoms with Crippen LogP contribution >= 0.6 is 11.3 Å². The fourth-order valence-corrected chi connectivity index (χ4v) is 11.5. The molecular formula is C62H36N4O2S. The first-order chi connectivity index (χ1) is 34.1. The number of rotatable bonds is 6. The summed E-state index contributed by atoms with van der Waals surface area (Å²) in [5, 5.41) is 16.0. The van der Waals surface area contributed by atoms with Crippen LogP contribution in [0.25, 0.3) is 107 Å². The minimum Gasteiger partial charge on any atom is -0.456 e. The highest BCUT2D eigenvalue weighted by Crippen LogP contribution is 2.45. The van der Waals surface area contributed by atoms with Crippen LogP contribution in [0.2, 0.25) is 0 Å². The summed E-state index contributed by atoms with van der Waals surface area (Å²) >= 11 is 1.68. The Morgan fingerprint density at radius 1 is 0.319 bits per heavy atom. The van der Waals surface area contributed by atoms with E-state index in [0.717, 1.165) is 98.0 Å². The van der Waals surface area contributed by atoms with Crippen LogP contribution in [0.4, 0.5) is 34.4 Å². The highest BCUT2D eigenvalue weighted by Gasteiger charge is 2.22. The minimum atomic E-state index is 0.578. The molecule has 0 unspecified atom stereocenters. The zero-order valence-corrected chi connectivity index (χ0v) is 37.6. The van der Waals surface area contributed by atoms with E-state index >= 15 is 0 Å². The molecule has 0 saturated heterocycles. The second kappa shape index (κ2) is 14.7. The van der Waals surface area contributed by atoms with E-state index in [9.17, 15) is 0 Å². The Kier molecular flexibility index (Phi) is 8.13. The van der Waals surface area contributed by atoms with Crippen molar-refractivity contribution in [1.82, 2.24) is 9.97 Å². The van der Waals surface area contributed by atoms with E-state index in [4.69, 9.17) is 18.8 Å². The lowest BCUT2D eigenvalue weighted by Crippen LogP contribution is -2.13. The molecule has 0 fully saturated rings. The van der Waals surface area contributed by atoms with E-state index in [0.29, 0.717) is 5.95 Å². The summed E-state index contributed by atoms with van der Waals surface area (Å²) in [6, 6.07) is 75.6. The summed E-state index contributed by atoms with van der Waals surface area (Å²) in [7, 11) is 0. The van der Waals surface area contributed by atoms with Gasteiger partial charge < -0.3 is 13.7 Å². The lowest BCUT2D eigenvalue weighted by atomic mass is 10.0. The topological polar surface area (TPSA) is 58.5 Å². The molecule has 322 valence electrons. The van der Waals surface area contributed by atoms with Crippen LogP contribution in [-0.4, -0.2) is 9.97 Å². The molecule has 0 aliphatic heterocycles. The number of hydrogen-bond donors (Lipinski definition) is 0. The Labute approximate surface area is 398 Å². The number of furan rings is 2. The number of hydrogen-bond acceptors (Lipinski definition) is 7. The van der Waals surface area contributed by atoms with Gasteiger partial charge in [0.1, 0.15) is 27.2 Å². The zero-order chi connectivity index (χ0) is 45.2. The summed E-state index contributed by atoms with van der Waals surface area (Å²) in [4.78, 5) is 15.9. The highest BCUT2D eigenvalue weighted by molar-refractivity contribution is 7.25. The van der Waals surface area contributed by atoms with E-state index in [2.05, 4.69) is 198 Å². The quantitative estimate of drug-likeness (QED) is 0.155. The second-order valence-corrected chi connectivity index (χ2v) is 18.9. The van der Waals surface area contributed by atoms with Crippen LogP contribution in [0.5, 0.6) is 0 Å². The molecule has 69 heavy (non-hydrogen) atoms. The lowest BCUT2D eigenvalue weighted by Gasteiger charge is -2.26. The molecule has 11 aromatic carbocycles. The van der Waals surface area contributed by atoms with Gasteiger partial charge in [0.05, 0.1) is 5.69 Å². The maximum atomic E-state index is 6.46. The van der Waals surface area contributed by atoms with Crippen LogP contribution in [0.15, 0.2) is 227 Å². The predicted octanol–water partition coefficient (Wildman–Crippen LogP) is 18.2. The Bertz CT molecular complexity index is 4310. The molecule has 4 aromatic heterocycles. The largest absolute Gasteiger partial charge is 0.456 e. The molecule has 0 amide bonds. The van der Waals surface area contributed by atoms with Crippen LogP contribution in [-0.2, 0) is 0 Å². The molecule has 15 rings (SSSR count). The van der Waals surface area contributed by atoms with Crippen molar-refractivity contribution in [2.45, 2.75) is 0 Å². The van der Waals surface area contributed by atoms with E-state index in [-0.39, 0.29) is 0 Å². The van der Waals surface area contributed by atoms with Crippen molar-refractivity contribution in [3.8, 4) is 0 Å². The van der Waals surface area contributed by atoms with E-state index in [1.165, 1.54) is 37.7 Å². The summed E-state index contributed by atoms with van der Waals surface area (Å²) in [5.74, 6) is 0.578. The monoisotopic (exact) mass is 900 g/mol. The smallest absolute Gasteiger partial charge is 0.235 e. The summed E-state index contributed by atoms with van der Waals surface area (Å²) in [5.41, 5.74) is 8.34. The number of fused-ring (bicyclic) bond motifs is 13. The number of para-hydroxylation sites is 2. The molecule has 0 aliphatic carbocycles. The Morgan fingerprint density at radius 3 is 1.32 bits per heavy atom. The number of thiophene rings is 1. The lowest BCUT2D eigenvalue weighted by molar-refractivity contribution is 0.668. The predicted molar refractivity (Wildman–Crippen MR) is 289 cm³/mol. The molecule has 7 heteroatoms. The van der Waals surface area contributed by atoms with E-state index in [1.54, 1.807) is 11.3 Å². The number of anilines is 6. The maximum absolute atomic E-state index is 6.46. The van der Waals surface area contributed by atoms with Crippen molar-refractivity contribution < 1.29 is 8.83 Å². The third kappa shape index (κ3) is 6.11. The molecule has 15 aromatic rings. The van der Waals surface area contributed by atoms with Crippen molar-refractivity contribution in [2.75, 3.05) is 9.80 Å². The second-order valence-electron chi connectivity index (χ2n) is 17.9. The molecule has 0 aliphatic rings. The van der Waals surface area contributed by atoms with Gasteiger partial charge in [-0.05, 0) is 140 Å². The standard InChI is InChI=1S/C62H36N4O2S/c1-3-11-39-29-43-31-45(19-17-41(43)27-37(39)9-1)65(47-21-24-52-50-13-5-7-15-56(50)67-58(52)33-47)49-23-26-54-55-36-63-62(64-61(55)69-60(54)35-49)66(48-22-25-53-51-14-6-8-16-57(51)68-59(53)34-48)46-20-18-42-28-38-10-2-4-12-40(38)30-44(42)32-46/h1-36H. The molecule has 0 bridgehead atoms. The minimum absolute atomic E-state index is 0.578. The van der Waals surface area contributed by atoms with E-state index < -0.39 is 0 Å². The molecule has 4 heterocycles. The van der Waals surface area contributed by atoms with Crippen molar-refractivity contribution in [1.29, 1.82) is 0 Å². The van der Waals surface area contributed by atoms with Gasteiger partial charge in [0.25, 0.3) is 0 Å². The zero-order valence-electron chi connectivity index (χ0n) is 36.8. The average Bonchev–Trinajstić information content (AvgIpc) is 4.08. The molecule has 0 atom stereocenters. The van der Waals surface area contributed by atoms with Crippen LogP contribution in [0, 0.1) is 0 Å². The van der Waals surface area contributed by atoms with Gasteiger partial charge >= 0.3 is 0 Å². The Morgan fingerprint density at radius 2 is 0.739 bits per heavy atom. The fourth-order valence-electron chi connectivity index (χ4n) is 10.5. The SMILES string of the molecule is c1ccc2cc3cc(N(c4ccc5c(c4)oc4ccccc45)c4ccc5c(c4)sc4nc(N(c6ccc7cc8ccccc8cc7c6)c6ccc7c(c6)oc6ccccc67)ncc45)ccc3cc2c1. The van der Waals surface area contributed by atoms with Crippen molar-refractivity contribution in [3.05, 3.63) is 219 Å². The van der Waals surface area contributed by atoms with Gasteiger partial charge in [0.2, 0.25) is 5.95 Å². The average molecular weight is 901 g/mol. The van der Waals surface area contributed by atoms with E-state index in [1.807, 2.05) is 30.5 Å². The number of benzene rings is 11. The van der Waals surface area contributed by atoms with Gasteiger partial charge in [-0.1, -0.05) is 103 Å². The summed E-state index contributed by atoms with van der Waals surface area (Å²) in [6.07, 6.45) is 1.98. The summed E-state index contributed by atoms with van der Waals surface area (Å²) < 4.78 is 14.0. The molecular weight excluding hydrogens is 865 g/mol. The van der Waals surface area contributed by atoms with Crippen molar-refractivity contribution >= 4 is 153 Å². The molecule has 0 spiro atoms. The van der Waals surface area contributed by atoms with Gasteiger partial charge in [-0.25, -0.2) is 9.97 Å².